The van der Waals surface area contributed by atoms with Crippen LogP contribution in [0.1, 0.15) is 29.6 Å². The van der Waals surface area contributed by atoms with E-state index in [0.29, 0.717) is 38.0 Å². The van der Waals surface area contributed by atoms with Gasteiger partial charge >= 0.3 is 0 Å². The Morgan fingerprint density at radius 3 is 2.58 bits per heavy atom. The van der Waals surface area contributed by atoms with Crippen LogP contribution in [0, 0.1) is 11.7 Å². The van der Waals surface area contributed by atoms with Crippen molar-refractivity contribution in [3.63, 3.8) is 0 Å². The van der Waals surface area contributed by atoms with E-state index in [0.717, 1.165) is 13.0 Å². The van der Waals surface area contributed by atoms with E-state index in [4.69, 9.17) is 0 Å². The highest BCUT2D eigenvalue weighted by molar-refractivity contribution is 5.94. The summed E-state index contributed by atoms with van der Waals surface area (Å²) in [6, 6.07) is 5.57. The van der Waals surface area contributed by atoms with E-state index in [1.807, 2.05) is 10.8 Å². The van der Waals surface area contributed by atoms with Gasteiger partial charge in [-0.2, -0.15) is 0 Å². The van der Waals surface area contributed by atoms with Crippen molar-refractivity contribution >= 4 is 11.8 Å². The van der Waals surface area contributed by atoms with Crippen molar-refractivity contribution in [2.45, 2.75) is 25.8 Å². The van der Waals surface area contributed by atoms with E-state index in [2.05, 4.69) is 10.3 Å². The van der Waals surface area contributed by atoms with Gasteiger partial charge < -0.3 is 14.8 Å². The van der Waals surface area contributed by atoms with Crippen molar-refractivity contribution in [2.75, 3.05) is 19.6 Å². The average molecular weight is 358 g/mol. The molecule has 0 aliphatic carbocycles. The Morgan fingerprint density at radius 1 is 1.19 bits per heavy atom. The Hall–Kier alpha value is -2.70. The Kier molecular flexibility index (Phi) is 5.99. The minimum absolute atomic E-state index is 0.0551. The number of carbonyl (C=O) groups excluding carboxylic acids is 2. The van der Waals surface area contributed by atoms with E-state index in [-0.39, 0.29) is 23.5 Å². The highest BCUT2D eigenvalue weighted by atomic mass is 19.1. The van der Waals surface area contributed by atoms with Crippen LogP contribution in [0.4, 0.5) is 4.39 Å². The number of aromatic nitrogens is 2. The normalized spacial score (nSPS) is 15.0. The second-order valence-electron chi connectivity index (χ2n) is 6.52. The summed E-state index contributed by atoms with van der Waals surface area (Å²) in [5, 5.41) is 2.98. The van der Waals surface area contributed by atoms with Crippen LogP contribution in [0.2, 0.25) is 0 Å². The minimum Gasteiger partial charge on any atom is -0.356 e. The first-order chi connectivity index (χ1) is 12.6. The highest BCUT2D eigenvalue weighted by Crippen LogP contribution is 2.19. The molecule has 0 spiro atoms. The molecule has 1 aromatic carbocycles. The van der Waals surface area contributed by atoms with Gasteiger partial charge in [0.25, 0.3) is 5.91 Å². The lowest BCUT2D eigenvalue weighted by atomic mass is 9.95. The molecule has 26 heavy (non-hydrogen) atoms. The van der Waals surface area contributed by atoms with Crippen LogP contribution in [0.25, 0.3) is 0 Å². The lowest BCUT2D eigenvalue weighted by molar-refractivity contribution is -0.126. The number of halogens is 1. The van der Waals surface area contributed by atoms with E-state index < -0.39 is 0 Å². The topological polar surface area (TPSA) is 67.2 Å². The molecule has 2 aromatic rings. The quantitative estimate of drug-likeness (QED) is 0.804. The summed E-state index contributed by atoms with van der Waals surface area (Å²) in [4.78, 5) is 30.4. The van der Waals surface area contributed by atoms with Crippen molar-refractivity contribution in [3.05, 3.63) is 54.4 Å². The number of aryl methyl sites for hydroxylation is 1. The van der Waals surface area contributed by atoms with Crippen LogP contribution in [-0.4, -0.2) is 45.9 Å². The molecule has 1 N–H and O–H groups in total. The number of nitrogens with zero attached hydrogens (tertiary/aromatic N) is 3. The van der Waals surface area contributed by atoms with Gasteiger partial charge in [-0.15, -0.1) is 0 Å². The van der Waals surface area contributed by atoms with Gasteiger partial charge in [0.2, 0.25) is 5.91 Å². The zero-order valence-electron chi connectivity index (χ0n) is 14.6. The third kappa shape index (κ3) is 4.68. The largest absolute Gasteiger partial charge is 0.356 e. The fourth-order valence-corrected chi connectivity index (χ4v) is 3.16. The van der Waals surface area contributed by atoms with Gasteiger partial charge in [-0.3, -0.25) is 9.59 Å². The molecule has 2 amide bonds. The molecule has 1 saturated heterocycles. The van der Waals surface area contributed by atoms with E-state index >= 15 is 0 Å². The maximum absolute atomic E-state index is 13.0. The number of hydrogen-bond donors (Lipinski definition) is 1. The SMILES string of the molecule is O=C(NCCCn1ccnc1)C1CCN(C(=O)c2ccc(F)cc2)CC1. The third-order valence-electron chi connectivity index (χ3n) is 4.70. The standard InChI is InChI=1S/C19H23FN4O2/c20-17-4-2-16(3-5-17)19(26)24-11-6-15(7-12-24)18(25)22-8-1-10-23-13-9-21-14-23/h2-5,9,13-15H,1,6-8,10-12H2,(H,22,25). The van der Waals surface area contributed by atoms with Gasteiger partial charge in [0.15, 0.2) is 0 Å². The van der Waals surface area contributed by atoms with Crippen molar-refractivity contribution < 1.29 is 14.0 Å². The van der Waals surface area contributed by atoms with Gasteiger partial charge in [-0.1, -0.05) is 0 Å². The molecule has 3 rings (SSSR count). The van der Waals surface area contributed by atoms with Crippen LogP contribution in [0.5, 0.6) is 0 Å². The van der Waals surface area contributed by atoms with Gasteiger partial charge in [-0.25, -0.2) is 9.37 Å². The number of nitrogens with one attached hydrogen (secondary N) is 1. The molecule has 0 saturated carbocycles. The number of benzene rings is 1. The molecular formula is C19H23FN4O2. The number of carbonyl (C=O) groups is 2. The van der Waals surface area contributed by atoms with Crippen molar-refractivity contribution in [3.8, 4) is 0 Å². The fourth-order valence-electron chi connectivity index (χ4n) is 3.16. The molecule has 1 fully saturated rings. The summed E-state index contributed by atoms with van der Waals surface area (Å²) >= 11 is 0. The highest BCUT2D eigenvalue weighted by Gasteiger charge is 2.27. The molecule has 7 heteroatoms. The number of piperidine rings is 1. The monoisotopic (exact) mass is 358 g/mol. The molecule has 1 aromatic heterocycles. The van der Waals surface area contributed by atoms with Crippen LogP contribution < -0.4 is 5.32 Å². The Balaban J connectivity index is 1.39. The average Bonchev–Trinajstić information content (AvgIpc) is 3.19. The minimum atomic E-state index is -0.357. The first kappa shape index (κ1) is 18.1. The molecule has 1 aliphatic heterocycles. The molecule has 0 radical (unpaired) electrons. The predicted molar refractivity (Wildman–Crippen MR) is 94.9 cm³/mol. The molecule has 0 atom stereocenters. The number of hydrogen-bond acceptors (Lipinski definition) is 3. The Labute approximate surface area is 152 Å². The molecule has 1 aliphatic rings. The summed E-state index contributed by atoms with van der Waals surface area (Å²) < 4.78 is 14.9. The summed E-state index contributed by atoms with van der Waals surface area (Å²) in [5.74, 6) is -0.459. The predicted octanol–water partition coefficient (Wildman–Crippen LogP) is 2.08. The Bertz CT molecular complexity index is 723. The second kappa shape index (κ2) is 8.60. The van der Waals surface area contributed by atoms with Gasteiger partial charge in [-0.05, 0) is 43.5 Å². The molecule has 6 nitrogen and oxygen atoms in total. The zero-order valence-corrected chi connectivity index (χ0v) is 14.6. The second-order valence-corrected chi connectivity index (χ2v) is 6.52. The smallest absolute Gasteiger partial charge is 0.253 e. The lowest BCUT2D eigenvalue weighted by Crippen LogP contribution is -2.43. The molecular weight excluding hydrogens is 335 g/mol. The number of amides is 2. The van der Waals surface area contributed by atoms with E-state index in [9.17, 15) is 14.0 Å². The number of rotatable bonds is 6. The Morgan fingerprint density at radius 2 is 1.92 bits per heavy atom. The molecule has 2 heterocycles. The van der Waals surface area contributed by atoms with Crippen molar-refractivity contribution in [2.24, 2.45) is 5.92 Å². The van der Waals surface area contributed by atoms with Crippen LogP contribution in [-0.2, 0) is 11.3 Å². The van der Waals surface area contributed by atoms with Crippen LogP contribution >= 0.6 is 0 Å². The maximum atomic E-state index is 13.0. The molecule has 0 unspecified atom stereocenters. The first-order valence-electron chi connectivity index (χ1n) is 8.92. The lowest BCUT2D eigenvalue weighted by Gasteiger charge is -2.31. The van der Waals surface area contributed by atoms with Gasteiger partial charge in [0.1, 0.15) is 5.82 Å². The number of imidazole rings is 1. The molecule has 0 bridgehead atoms. The van der Waals surface area contributed by atoms with E-state index in [1.54, 1.807) is 17.4 Å². The fraction of sp³-hybridized carbons (Fsp3) is 0.421. The van der Waals surface area contributed by atoms with Crippen molar-refractivity contribution in [1.29, 1.82) is 0 Å². The number of likely N-dealkylation sites (tertiary alicyclic amines) is 1. The zero-order chi connectivity index (χ0) is 18.4. The van der Waals surface area contributed by atoms with E-state index in [1.165, 1.54) is 24.3 Å². The summed E-state index contributed by atoms with van der Waals surface area (Å²) in [6.45, 7) is 2.54. The summed E-state index contributed by atoms with van der Waals surface area (Å²) in [5.41, 5.74) is 0.480. The summed E-state index contributed by atoms with van der Waals surface area (Å²) in [7, 11) is 0. The van der Waals surface area contributed by atoms with Crippen LogP contribution in [0.3, 0.4) is 0 Å². The third-order valence-corrected chi connectivity index (χ3v) is 4.70. The summed E-state index contributed by atoms with van der Waals surface area (Å²) in [6.07, 6.45) is 7.55. The van der Waals surface area contributed by atoms with Crippen molar-refractivity contribution in [1.82, 2.24) is 19.8 Å². The molecule has 138 valence electrons. The first-order valence-corrected chi connectivity index (χ1v) is 8.92. The van der Waals surface area contributed by atoms with Gasteiger partial charge in [0, 0.05) is 50.1 Å². The van der Waals surface area contributed by atoms with Gasteiger partial charge in [0.05, 0.1) is 6.33 Å². The maximum Gasteiger partial charge on any atom is 0.253 e. The van der Waals surface area contributed by atoms with Crippen LogP contribution in [0.15, 0.2) is 43.0 Å².